The SMILES string of the molecule is CC=C1COCC1=CC(/C=C/c1cc2c(s1)/C(=C1\C(=O)N(CC(C)C)c3cc(/C=C/C)sc31)C(=O)N2CC(C)C)=C([C]#[Os])[P+](c1ccccc1)(c1ccccc1)c1ccccc1. The van der Waals surface area contributed by atoms with Crippen LogP contribution in [0, 0.1) is 16.2 Å². The molecule has 3 aromatic carbocycles. The van der Waals surface area contributed by atoms with Crippen molar-refractivity contribution in [1.82, 2.24) is 0 Å². The van der Waals surface area contributed by atoms with Gasteiger partial charge in [-0.25, -0.2) is 0 Å². The molecule has 0 N–H and O–H groups in total. The van der Waals surface area contributed by atoms with E-state index in [1.54, 1.807) is 40.6 Å². The van der Waals surface area contributed by atoms with Gasteiger partial charge in [0.25, 0.3) is 0 Å². The third-order valence-electron chi connectivity index (χ3n) is 11.2. The van der Waals surface area contributed by atoms with E-state index in [2.05, 4.69) is 172 Å². The molecule has 3 aliphatic rings. The summed E-state index contributed by atoms with van der Waals surface area (Å²) in [6, 6.07) is 37.0. The first kappa shape index (κ1) is 43.9. The molecule has 9 heteroatoms. The van der Waals surface area contributed by atoms with Crippen molar-refractivity contribution in [2.75, 3.05) is 36.1 Å². The van der Waals surface area contributed by atoms with Crippen molar-refractivity contribution in [3.05, 3.63) is 169 Å². The van der Waals surface area contributed by atoms with Crippen LogP contribution in [0.15, 0.2) is 149 Å². The zero-order valence-corrected chi connectivity index (χ0v) is 41.1. The number of ether oxygens (including phenoxy) is 1. The molecule has 5 nitrogen and oxygen atoms in total. The fourth-order valence-electron chi connectivity index (χ4n) is 8.61. The van der Waals surface area contributed by atoms with E-state index in [9.17, 15) is 9.59 Å². The third-order valence-corrected chi connectivity index (χ3v) is 18.9. The van der Waals surface area contributed by atoms with Gasteiger partial charge in [-0.05, 0) is 25.0 Å². The van der Waals surface area contributed by atoms with Crippen LogP contribution in [0.2, 0.25) is 0 Å². The second-order valence-electron chi connectivity index (χ2n) is 16.5. The number of carbonyl (C=O) groups excluding carboxylic acids is 2. The maximum atomic E-state index is 14.7. The average Bonchev–Trinajstić information content (AvgIpc) is 4.10. The summed E-state index contributed by atoms with van der Waals surface area (Å²) in [5, 5.41) is 4.88. The van der Waals surface area contributed by atoms with Crippen LogP contribution in [0.3, 0.4) is 0 Å². The fraction of sp³-hybridized carbons (Fsp3) is 0.226. The summed E-state index contributed by atoms with van der Waals surface area (Å²) in [5.41, 5.74) is 6.22. The zero-order valence-electron chi connectivity index (χ0n) is 36.0. The summed E-state index contributed by atoms with van der Waals surface area (Å²) >= 11 is 4.96. The minimum absolute atomic E-state index is 0.0869. The number of hydrogen-bond acceptors (Lipinski definition) is 5. The molecule has 0 aliphatic carbocycles. The maximum absolute atomic E-state index is 14.7. The number of amides is 2. The molecule has 315 valence electrons. The molecule has 8 rings (SSSR count). The molecule has 0 atom stereocenters. The Morgan fingerprint density at radius 1 is 0.710 bits per heavy atom. The Hall–Kier alpha value is -4.75. The number of carbonyl (C=O) groups is 2. The Morgan fingerprint density at radius 3 is 1.58 bits per heavy atom. The van der Waals surface area contributed by atoms with Gasteiger partial charge in [0, 0.05) is 11.4 Å². The summed E-state index contributed by atoms with van der Waals surface area (Å²) in [6.45, 7) is 14.9. The topological polar surface area (TPSA) is 49.9 Å². The van der Waals surface area contributed by atoms with Gasteiger partial charge >= 0.3 is 331 Å². The van der Waals surface area contributed by atoms with E-state index in [1.807, 2.05) is 22.8 Å². The van der Waals surface area contributed by atoms with Crippen molar-refractivity contribution in [2.45, 2.75) is 41.5 Å². The third kappa shape index (κ3) is 8.15. The number of anilines is 2. The minimum atomic E-state index is -2.52. The van der Waals surface area contributed by atoms with Crippen LogP contribution in [0.5, 0.6) is 0 Å². The molecule has 5 aromatic rings. The molecule has 1 saturated heterocycles. The summed E-state index contributed by atoms with van der Waals surface area (Å²) in [6.07, 6.45) is 13.0. The number of nitrogens with zero attached hydrogens (tertiary/aromatic N) is 2. The van der Waals surface area contributed by atoms with E-state index in [0.29, 0.717) is 37.4 Å². The van der Waals surface area contributed by atoms with Crippen molar-refractivity contribution in [2.24, 2.45) is 11.8 Å². The number of allylic oxidation sites excluding steroid dienone is 6. The Labute approximate surface area is 384 Å². The Morgan fingerprint density at radius 2 is 1.16 bits per heavy atom. The van der Waals surface area contributed by atoms with Crippen molar-refractivity contribution in [1.29, 1.82) is 0 Å². The molecule has 3 aliphatic heterocycles. The van der Waals surface area contributed by atoms with Crippen molar-refractivity contribution in [3.63, 3.8) is 0 Å². The molecule has 2 amide bonds. The number of benzene rings is 3. The van der Waals surface area contributed by atoms with Crippen LogP contribution >= 0.6 is 29.9 Å². The monoisotopic (exact) mass is 1050 g/mol. The summed E-state index contributed by atoms with van der Waals surface area (Å²) < 4.78 is 9.88. The summed E-state index contributed by atoms with van der Waals surface area (Å²) in [4.78, 5) is 36.8. The van der Waals surface area contributed by atoms with Gasteiger partial charge in [0.05, 0.1) is 0 Å². The Balaban J connectivity index is 1.36. The van der Waals surface area contributed by atoms with E-state index in [-0.39, 0.29) is 23.7 Å². The van der Waals surface area contributed by atoms with E-state index in [0.717, 1.165) is 47.3 Å². The van der Waals surface area contributed by atoms with Crippen molar-refractivity contribution < 1.29 is 32.3 Å². The van der Waals surface area contributed by atoms with Crippen LogP contribution in [0.1, 0.15) is 61.1 Å². The van der Waals surface area contributed by atoms with Crippen molar-refractivity contribution in [3.8, 4) is 4.37 Å². The molecular weight excluding hydrogens is 998 g/mol. The summed E-state index contributed by atoms with van der Waals surface area (Å²) in [5.74, 6) is 0.310. The van der Waals surface area contributed by atoms with Crippen LogP contribution < -0.4 is 25.7 Å². The standard InChI is InChI=1S/C53H51N2O3PS2.Os/c1-8-19-44-29-46-50(60-44)48(52(56)54(46)31-35(3)4)49-51-47(55(53(49)57)32-36(5)6)30-45(61-51)27-26-39(28-40-34-58-33-38(40)9-2)37(7)59(41-20-13-10-14-21-41,42-22-15-11-16-23-42)43-24-17-12-18-25-43;/h8-30,35-36H,31-34H2,1-6H3;/q+1;/b19-8+,27-26+,38-9?,39-37?,40-28?,49-48+;. The molecule has 62 heavy (non-hydrogen) atoms. The molecule has 0 bridgehead atoms. The molecule has 0 spiro atoms. The van der Waals surface area contributed by atoms with Gasteiger partial charge in [-0.3, -0.25) is 0 Å². The van der Waals surface area contributed by atoms with E-state index in [4.69, 9.17) is 4.74 Å². The van der Waals surface area contributed by atoms with Crippen molar-refractivity contribution >= 4 is 92.3 Å². The molecule has 0 saturated carbocycles. The average molecular weight is 1050 g/mol. The molecular formula is C53H51N2O3OsPS2+. The van der Waals surface area contributed by atoms with Crippen LogP contribution in [0.25, 0.3) is 23.3 Å². The van der Waals surface area contributed by atoms with Gasteiger partial charge in [-0.2, -0.15) is 0 Å². The quantitative estimate of drug-likeness (QED) is 0.0711. The molecule has 1 fully saturated rings. The number of hydrogen-bond donors (Lipinski definition) is 0. The molecule has 0 radical (unpaired) electrons. The normalized spacial score (nSPS) is 18.4. The number of fused-ring (bicyclic) bond motifs is 2. The van der Waals surface area contributed by atoms with Crippen LogP contribution in [-0.2, 0) is 32.3 Å². The van der Waals surface area contributed by atoms with E-state index in [1.165, 1.54) is 21.5 Å². The van der Waals surface area contributed by atoms with E-state index >= 15 is 0 Å². The van der Waals surface area contributed by atoms with Gasteiger partial charge in [0.2, 0.25) is 0 Å². The number of thiophene rings is 2. The molecule has 5 heterocycles. The second-order valence-corrected chi connectivity index (χ2v) is 22.6. The van der Waals surface area contributed by atoms with Gasteiger partial charge in [0.15, 0.2) is 0 Å². The number of rotatable bonds is 12. The first-order valence-corrected chi connectivity index (χ1v) is 25.9. The van der Waals surface area contributed by atoms with Gasteiger partial charge in [-0.15, -0.1) is 0 Å². The first-order chi connectivity index (χ1) is 30.1. The Bertz CT molecular complexity index is 2650. The zero-order chi connectivity index (χ0) is 43.5. The Kier molecular flexibility index (Phi) is 13.4. The first-order valence-electron chi connectivity index (χ1n) is 21.2. The van der Waals surface area contributed by atoms with E-state index < -0.39 is 7.26 Å². The van der Waals surface area contributed by atoms with Gasteiger partial charge in [-0.1, -0.05) is 19.9 Å². The van der Waals surface area contributed by atoms with Crippen LogP contribution in [-0.4, -0.2) is 38.1 Å². The summed E-state index contributed by atoms with van der Waals surface area (Å²) in [7, 11) is -2.52. The predicted octanol–water partition coefficient (Wildman–Crippen LogP) is 11.4. The fourth-order valence-corrected chi connectivity index (χ4v) is 16.7. The second kappa shape index (κ2) is 18.9. The van der Waals surface area contributed by atoms with Gasteiger partial charge < -0.3 is 0 Å². The predicted molar refractivity (Wildman–Crippen MR) is 262 cm³/mol. The molecule has 0 unspecified atom stereocenters. The van der Waals surface area contributed by atoms with Crippen LogP contribution in [0.4, 0.5) is 11.4 Å². The van der Waals surface area contributed by atoms with Gasteiger partial charge in [0.1, 0.15) is 0 Å². The molecule has 2 aromatic heterocycles.